The minimum Gasteiger partial charge on any atom is -0.382 e. The number of likely N-dealkylation sites (tertiary alicyclic amines) is 1. The standard InChI is InChI=1S/C13H22N4OS/c1-4-9-7-5-6-8-17(9)12(18)10-11(14)15-13(19-10)16(2)3/h9H,4-8,14H2,1-3H3. The number of amides is 1. The highest BCUT2D eigenvalue weighted by molar-refractivity contribution is 7.18. The van der Waals surface area contributed by atoms with Gasteiger partial charge in [-0.2, -0.15) is 0 Å². The second kappa shape index (κ2) is 5.77. The SMILES string of the molecule is CCC1CCCCN1C(=O)c1sc(N(C)C)nc1N. The molecule has 1 aromatic rings. The zero-order chi connectivity index (χ0) is 14.0. The molecular weight excluding hydrogens is 260 g/mol. The zero-order valence-electron chi connectivity index (χ0n) is 11.8. The first kappa shape index (κ1) is 14.1. The van der Waals surface area contributed by atoms with Crippen LogP contribution >= 0.6 is 11.3 Å². The Morgan fingerprint density at radius 3 is 2.84 bits per heavy atom. The molecule has 1 aliphatic rings. The summed E-state index contributed by atoms with van der Waals surface area (Å²) in [6, 6.07) is 0.352. The van der Waals surface area contributed by atoms with E-state index in [0.717, 1.165) is 30.9 Å². The quantitative estimate of drug-likeness (QED) is 0.923. The van der Waals surface area contributed by atoms with E-state index in [0.29, 0.717) is 16.7 Å². The molecule has 0 saturated carbocycles. The Balaban J connectivity index is 2.22. The molecule has 2 rings (SSSR count). The Kier molecular flexibility index (Phi) is 4.29. The van der Waals surface area contributed by atoms with Crippen molar-refractivity contribution in [3.63, 3.8) is 0 Å². The number of piperidine rings is 1. The zero-order valence-corrected chi connectivity index (χ0v) is 12.7. The molecule has 0 radical (unpaired) electrons. The van der Waals surface area contributed by atoms with Crippen LogP contribution in [0.1, 0.15) is 42.3 Å². The van der Waals surface area contributed by atoms with Crippen molar-refractivity contribution in [2.24, 2.45) is 0 Å². The van der Waals surface area contributed by atoms with Crippen LogP contribution in [0.25, 0.3) is 0 Å². The summed E-state index contributed by atoms with van der Waals surface area (Å²) in [5.74, 6) is 0.411. The second-order valence-electron chi connectivity index (χ2n) is 5.16. The first-order chi connectivity index (χ1) is 9.04. The smallest absolute Gasteiger partial charge is 0.268 e. The molecule has 1 aromatic heterocycles. The molecule has 1 amide bonds. The molecule has 106 valence electrons. The van der Waals surface area contributed by atoms with Crippen LogP contribution in [0.3, 0.4) is 0 Å². The highest BCUT2D eigenvalue weighted by Gasteiger charge is 2.29. The van der Waals surface area contributed by atoms with Gasteiger partial charge in [0, 0.05) is 26.7 Å². The molecule has 0 spiro atoms. The Morgan fingerprint density at radius 2 is 2.26 bits per heavy atom. The number of carbonyl (C=O) groups is 1. The normalized spacial score (nSPS) is 19.5. The number of nitrogens with zero attached hydrogens (tertiary/aromatic N) is 3. The van der Waals surface area contributed by atoms with Gasteiger partial charge < -0.3 is 15.5 Å². The summed E-state index contributed by atoms with van der Waals surface area (Å²) in [6.45, 7) is 2.98. The summed E-state index contributed by atoms with van der Waals surface area (Å²) < 4.78 is 0. The van der Waals surface area contributed by atoms with Crippen LogP contribution in [-0.4, -0.2) is 42.5 Å². The molecule has 2 N–H and O–H groups in total. The van der Waals surface area contributed by atoms with Crippen LogP contribution in [0, 0.1) is 0 Å². The van der Waals surface area contributed by atoms with E-state index in [1.165, 1.54) is 17.8 Å². The van der Waals surface area contributed by atoms with Crippen molar-refractivity contribution in [1.29, 1.82) is 0 Å². The van der Waals surface area contributed by atoms with Gasteiger partial charge in [0.05, 0.1) is 0 Å². The number of hydrogen-bond donors (Lipinski definition) is 1. The molecule has 19 heavy (non-hydrogen) atoms. The molecule has 2 heterocycles. The third-order valence-corrected chi connectivity index (χ3v) is 4.81. The van der Waals surface area contributed by atoms with Crippen molar-refractivity contribution in [2.75, 3.05) is 31.3 Å². The average Bonchev–Trinajstić information content (AvgIpc) is 2.80. The first-order valence-electron chi connectivity index (χ1n) is 6.79. The Hall–Kier alpha value is -1.30. The third kappa shape index (κ3) is 2.83. The third-order valence-electron chi connectivity index (χ3n) is 3.58. The lowest BCUT2D eigenvalue weighted by molar-refractivity contribution is 0.0614. The Bertz CT molecular complexity index is 457. The number of hydrogen-bond acceptors (Lipinski definition) is 5. The summed E-state index contributed by atoms with van der Waals surface area (Å²) in [7, 11) is 3.81. The molecule has 1 aliphatic heterocycles. The first-order valence-corrected chi connectivity index (χ1v) is 7.60. The fourth-order valence-corrected chi connectivity index (χ4v) is 3.35. The van der Waals surface area contributed by atoms with Crippen LogP contribution in [0.2, 0.25) is 0 Å². The van der Waals surface area contributed by atoms with Crippen molar-refractivity contribution in [2.45, 2.75) is 38.6 Å². The maximum atomic E-state index is 12.6. The van der Waals surface area contributed by atoms with E-state index in [4.69, 9.17) is 5.73 Å². The lowest BCUT2D eigenvalue weighted by Crippen LogP contribution is -2.43. The molecular formula is C13H22N4OS. The topological polar surface area (TPSA) is 62.5 Å². The Labute approximate surface area is 118 Å². The van der Waals surface area contributed by atoms with Crippen LogP contribution in [-0.2, 0) is 0 Å². The van der Waals surface area contributed by atoms with Gasteiger partial charge in [-0.25, -0.2) is 4.98 Å². The van der Waals surface area contributed by atoms with E-state index < -0.39 is 0 Å². The van der Waals surface area contributed by atoms with E-state index in [1.807, 2.05) is 23.9 Å². The minimum absolute atomic E-state index is 0.0506. The summed E-state index contributed by atoms with van der Waals surface area (Å²) in [4.78, 5) is 21.3. The predicted molar refractivity (Wildman–Crippen MR) is 79.8 cm³/mol. The molecule has 0 bridgehead atoms. The van der Waals surface area contributed by atoms with Crippen LogP contribution in [0.4, 0.5) is 10.9 Å². The monoisotopic (exact) mass is 282 g/mol. The van der Waals surface area contributed by atoms with Crippen molar-refractivity contribution in [3.8, 4) is 0 Å². The molecule has 0 aromatic carbocycles. The van der Waals surface area contributed by atoms with Crippen LogP contribution in [0.15, 0.2) is 0 Å². The predicted octanol–water partition coefficient (Wildman–Crippen LogP) is 2.20. The van der Waals surface area contributed by atoms with Crippen molar-refractivity contribution < 1.29 is 4.79 Å². The van der Waals surface area contributed by atoms with Crippen molar-refractivity contribution in [3.05, 3.63) is 4.88 Å². The fourth-order valence-electron chi connectivity index (χ4n) is 2.49. The van der Waals surface area contributed by atoms with E-state index in [9.17, 15) is 4.79 Å². The lowest BCUT2D eigenvalue weighted by atomic mass is 10.00. The van der Waals surface area contributed by atoms with Gasteiger partial charge in [-0.15, -0.1) is 0 Å². The number of rotatable bonds is 3. The van der Waals surface area contributed by atoms with Gasteiger partial charge in [-0.05, 0) is 25.7 Å². The molecule has 1 unspecified atom stereocenters. The van der Waals surface area contributed by atoms with Gasteiger partial charge in [0.2, 0.25) is 0 Å². The van der Waals surface area contributed by atoms with Gasteiger partial charge in [0.1, 0.15) is 10.7 Å². The van der Waals surface area contributed by atoms with Crippen LogP contribution in [0.5, 0.6) is 0 Å². The molecule has 1 saturated heterocycles. The molecule has 6 heteroatoms. The van der Waals surface area contributed by atoms with Gasteiger partial charge in [0.25, 0.3) is 5.91 Å². The van der Waals surface area contributed by atoms with E-state index in [1.54, 1.807) is 0 Å². The number of thiazole rings is 1. The summed E-state index contributed by atoms with van der Waals surface area (Å²) in [5, 5.41) is 0.783. The average molecular weight is 282 g/mol. The number of aromatic nitrogens is 1. The highest BCUT2D eigenvalue weighted by Crippen LogP contribution is 2.30. The summed E-state index contributed by atoms with van der Waals surface area (Å²) in [5.41, 5.74) is 5.90. The van der Waals surface area contributed by atoms with Gasteiger partial charge >= 0.3 is 0 Å². The second-order valence-corrected chi connectivity index (χ2v) is 6.14. The maximum Gasteiger partial charge on any atom is 0.268 e. The van der Waals surface area contributed by atoms with E-state index in [2.05, 4.69) is 11.9 Å². The van der Waals surface area contributed by atoms with Gasteiger partial charge in [-0.3, -0.25) is 4.79 Å². The minimum atomic E-state index is 0.0506. The number of anilines is 2. The molecule has 0 aliphatic carbocycles. The lowest BCUT2D eigenvalue weighted by Gasteiger charge is -2.35. The van der Waals surface area contributed by atoms with E-state index in [-0.39, 0.29) is 5.91 Å². The Morgan fingerprint density at radius 1 is 1.53 bits per heavy atom. The molecule has 1 fully saturated rings. The highest BCUT2D eigenvalue weighted by atomic mass is 32.1. The van der Waals surface area contributed by atoms with Gasteiger partial charge in [-0.1, -0.05) is 18.3 Å². The van der Waals surface area contributed by atoms with Crippen LogP contribution < -0.4 is 10.6 Å². The molecule has 1 atom stereocenters. The van der Waals surface area contributed by atoms with Crippen molar-refractivity contribution >= 4 is 28.2 Å². The van der Waals surface area contributed by atoms with E-state index >= 15 is 0 Å². The summed E-state index contributed by atoms with van der Waals surface area (Å²) >= 11 is 1.38. The molecule has 5 nitrogen and oxygen atoms in total. The maximum absolute atomic E-state index is 12.6. The van der Waals surface area contributed by atoms with Gasteiger partial charge in [0.15, 0.2) is 5.13 Å². The number of carbonyl (C=O) groups excluding carboxylic acids is 1. The summed E-state index contributed by atoms with van der Waals surface area (Å²) in [6.07, 6.45) is 4.40. The number of nitrogen functional groups attached to an aromatic ring is 1. The fraction of sp³-hybridized carbons (Fsp3) is 0.692. The largest absolute Gasteiger partial charge is 0.382 e. The van der Waals surface area contributed by atoms with Crippen molar-refractivity contribution in [1.82, 2.24) is 9.88 Å². The number of nitrogens with two attached hydrogens (primary N) is 1.